The van der Waals surface area contributed by atoms with Crippen molar-refractivity contribution >= 4 is 5.95 Å². The average Bonchev–Trinajstić information content (AvgIpc) is 2.52. The van der Waals surface area contributed by atoms with Crippen LogP contribution in [0.25, 0.3) is 5.69 Å². The summed E-state index contributed by atoms with van der Waals surface area (Å²) in [5.41, 5.74) is 2.73. The summed E-state index contributed by atoms with van der Waals surface area (Å²) >= 11 is 0. The fraction of sp³-hybridized carbons (Fsp3) is 0.312. The van der Waals surface area contributed by atoms with Gasteiger partial charge in [0.05, 0.1) is 12.2 Å². The van der Waals surface area contributed by atoms with Crippen molar-refractivity contribution in [2.24, 2.45) is 0 Å². The summed E-state index contributed by atoms with van der Waals surface area (Å²) in [5.74, 6) is 2.67. The van der Waals surface area contributed by atoms with E-state index in [0.717, 1.165) is 29.7 Å². The molecule has 0 saturated carbocycles. The molecule has 0 spiro atoms. The van der Waals surface area contributed by atoms with E-state index < -0.39 is 0 Å². The lowest BCUT2D eigenvalue weighted by atomic mass is 10.0. The Hall–Kier alpha value is -2.61. The molecule has 0 aliphatic carbocycles. The van der Waals surface area contributed by atoms with Crippen molar-refractivity contribution < 1.29 is 0 Å². The third-order valence-corrected chi connectivity index (χ3v) is 3.26. The molecule has 21 heavy (non-hydrogen) atoms. The van der Waals surface area contributed by atoms with Gasteiger partial charge in [0.1, 0.15) is 6.33 Å². The van der Waals surface area contributed by atoms with Crippen LogP contribution in [0.1, 0.15) is 25.0 Å². The van der Waals surface area contributed by atoms with Gasteiger partial charge in [0.15, 0.2) is 0 Å². The van der Waals surface area contributed by atoms with Gasteiger partial charge in [0.2, 0.25) is 5.95 Å². The zero-order chi connectivity index (χ0) is 15.2. The molecular formula is C16H18N4O. The van der Waals surface area contributed by atoms with Crippen LogP contribution < -0.4 is 11.0 Å². The molecule has 0 radical (unpaired) electrons. The Morgan fingerprint density at radius 3 is 2.48 bits per heavy atom. The van der Waals surface area contributed by atoms with E-state index in [1.165, 1.54) is 10.9 Å². The van der Waals surface area contributed by atoms with Crippen molar-refractivity contribution in [3.63, 3.8) is 0 Å². The lowest BCUT2D eigenvalue weighted by Gasteiger charge is -2.14. The van der Waals surface area contributed by atoms with Crippen molar-refractivity contribution in [1.29, 1.82) is 0 Å². The number of hydrogen-bond acceptors (Lipinski definition) is 4. The lowest BCUT2D eigenvalue weighted by Crippen LogP contribution is -2.25. The van der Waals surface area contributed by atoms with Gasteiger partial charge in [-0.05, 0) is 24.0 Å². The Morgan fingerprint density at radius 1 is 1.29 bits per heavy atom. The van der Waals surface area contributed by atoms with Crippen molar-refractivity contribution in [2.75, 3.05) is 11.9 Å². The van der Waals surface area contributed by atoms with E-state index in [4.69, 9.17) is 6.42 Å². The van der Waals surface area contributed by atoms with E-state index in [2.05, 4.69) is 35.1 Å². The molecule has 0 aliphatic rings. The minimum atomic E-state index is -0.361. The molecule has 1 heterocycles. The van der Waals surface area contributed by atoms with Gasteiger partial charge in [0, 0.05) is 0 Å². The number of aromatic nitrogens is 3. The lowest BCUT2D eigenvalue weighted by molar-refractivity contribution is 0.835. The summed E-state index contributed by atoms with van der Waals surface area (Å²) in [5, 5.41) is 2.80. The fourth-order valence-electron chi connectivity index (χ4n) is 2.23. The number of hydrogen-bond donors (Lipinski definition) is 1. The number of anilines is 1. The highest BCUT2D eigenvalue weighted by atomic mass is 16.1. The maximum Gasteiger partial charge on any atom is 0.356 e. The smallest absolute Gasteiger partial charge is 0.343 e. The van der Waals surface area contributed by atoms with Gasteiger partial charge in [-0.2, -0.15) is 4.98 Å². The first kappa shape index (κ1) is 14.8. The summed E-state index contributed by atoms with van der Waals surface area (Å²) < 4.78 is 1.50. The van der Waals surface area contributed by atoms with Crippen LogP contribution in [0, 0.1) is 12.3 Å². The Kier molecular flexibility index (Phi) is 4.72. The summed E-state index contributed by atoms with van der Waals surface area (Å²) in [4.78, 5) is 20.3. The molecule has 0 unspecified atom stereocenters. The number of benzene rings is 1. The highest BCUT2D eigenvalue weighted by Crippen LogP contribution is 2.19. The predicted molar refractivity (Wildman–Crippen MR) is 83.7 cm³/mol. The van der Waals surface area contributed by atoms with Gasteiger partial charge in [0.25, 0.3) is 0 Å². The third-order valence-electron chi connectivity index (χ3n) is 3.26. The van der Waals surface area contributed by atoms with Crippen LogP contribution in [0.15, 0.2) is 29.3 Å². The summed E-state index contributed by atoms with van der Waals surface area (Å²) in [6, 6.07) is 6.05. The van der Waals surface area contributed by atoms with Crippen LogP contribution in [0.4, 0.5) is 5.95 Å². The van der Waals surface area contributed by atoms with Crippen LogP contribution >= 0.6 is 0 Å². The number of nitrogens with zero attached hydrogens (tertiary/aromatic N) is 3. The van der Waals surface area contributed by atoms with E-state index in [1.807, 2.05) is 18.2 Å². The van der Waals surface area contributed by atoms with E-state index >= 15 is 0 Å². The molecule has 0 atom stereocenters. The van der Waals surface area contributed by atoms with E-state index in [9.17, 15) is 4.79 Å². The summed E-state index contributed by atoms with van der Waals surface area (Å²) in [7, 11) is 0. The first-order chi connectivity index (χ1) is 10.2. The Balaban J connectivity index is 2.53. The first-order valence-corrected chi connectivity index (χ1v) is 6.95. The fourth-order valence-corrected chi connectivity index (χ4v) is 2.23. The van der Waals surface area contributed by atoms with Crippen molar-refractivity contribution in [2.45, 2.75) is 26.7 Å². The van der Waals surface area contributed by atoms with Crippen molar-refractivity contribution in [1.82, 2.24) is 14.5 Å². The minimum Gasteiger partial charge on any atom is -0.343 e. The summed E-state index contributed by atoms with van der Waals surface area (Å²) in [6.45, 7) is 4.41. The molecule has 0 saturated heterocycles. The van der Waals surface area contributed by atoms with E-state index in [-0.39, 0.29) is 18.2 Å². The third kappa shape index (κ3) is 3.11. The second-order valence-electron chi connectivity index (χ2n) is 4.52. The maximum atomic E-state index is 12.3. The molecule has 5 heteroatoms. The Bertz CT molecular complexity index is 706. The Labute approximate surface area is 124 Å². The van der Waals surface area contributed by atoms with Crippen LogP contribution in [-0.4, -0.2) is 21.1 Å². The number of aryl methyl sites for hydroxylation is 2. The maximum absolute atomic E-state index is 12.3. The normalized spacial score (nSPS) is 10.1. The molecule has 2 aromatic rings. The van der Waals surface area contributed by atoms with Gasteiger partial charge in [-0.25, -0.2) is 9.78 Å². The van der Waals surface area contributed by atoms with Gasteiger partial charge in [-0.3, -0.25) is 4.57 Å². The van der Waals surface area contributed by atoms with E-state index in [1.54, 1.807) is 0 Å². The van der Waals surface area contributed by atoms with Gasteiger partial charge in [-0.1, -0.05) is 38.0 Å². The Morgan fingerprint density at radius 2 is 1.95 bits per heavy atom. The van der Waals surface area contributed by atoms with Crippen LogP contribution in [0.2, 0.25) is 0 Å². The second-order valence-corrected chi connectivity index (χ2v) is 4.52. The summed E-state index contributed by atoms with van der Waals surface area (Å²) in [6.07, 6.45) is 8.34. The molecule has 0 fully saturated rings. The number of para-hydroxylation sites is 1. The zero-order valence-corrected chi connectivity index (χ0v) is 12.3. The molecule has 2 rings (SSSR count). The predicted octanol–water partition coefficient (Wildman–Crippen LogP) is 1.80. The van der Waals surface area contributed by atoms with Crippen molar-refractivity contribution in [3.05, 3.63) is 46.1 Å². The highest BCUT2D eigenvalue weighted by Gasteiger charge is 2.11. The highest BCUT2D eigenvalue weighted by molar-refractivity contribution is 5.48. The molecule has 5 nitrogen and oxygen atoms in total. The molecule has 1 aromatic heterocycles. The molecule has 0 bridgehead atoms. The van der Waals surface area contributed by atoms with Crippen LogP contribution in [0.5, 0.6) is 0 Å². The molecular weight excluding hydrogens is 264 g/mol. The zero-order valence-electron chi connectivity index (χ0n) is 12.3. The molecule has 108 valence electrons. The molecule has 0 amide bonds. The largest absolute Gasteiger partial charge is 0.356 e. The average molecular weight is 282 g/mol. The van der Waals surface area contributed by atoms with Crippen molar-refractivity contribution in [3.8, 4) is 18.0 Å². The van der Waals surface area contributed by atoms with E-state index in [0.29, 0.717) is 0 Å². The molecule has 1 aromatic carbocycles. The first-order valence-electron chi connectivity index (χ1n) is 6.95. The monoisotopic (exact) mass is 282 g/mol. The standard InChI is InChI=1S/C16H18N4O/c1-4-10-17-15-18-11-20(16(21)19-15)14-12(5-2)8-7-9-13(14)6-3/h1,7-9,11H,5-6,10H2,2-3H3,(H,17,19,21). The van der Waals surface area contributed by atoms with Gasteiger partial charge >= 0.3 is 5.69 Å². The number of terminal acetylenes is 1. The quantitative estimate of drug-likeness (QED) is 0.850. The molecule has 0 aliphatic heterocycles. The van der Waals surface area contributed by atoms with Crippen LogP contribution in [-0.2, 0) is 12.8 Å². The van der Waals surface area contributed by atoms with Gasteiger partial charge < -0.3 is 5.32 Å². The number of rotatable bonds is 5. The van der Waals surface area contributed by atoms with Crippen LogP contribution in [0.3, 0.4) is 0 Å². The number of nitrogens with one attached hydrogen (secondary N) is 1. The van der Waals surface area contributed by atoms with Gasteiger partial charge in [-0.15, -0.1) is 6.42 Å². The SMILES string of the molecule is C#CCNc1ncn(-c2c(CC)cccc2CC)c(=O)n1. The second kappa shape index (κ2) is 6.71. The topological polar surface area (TPSA) is 59.8 Å². The molecule has 1 N–H and O–H groups in total. The minimum absolute atomic E-state index is 0.251.